The lowest BCUT2D eigenvalue weighted by Crippen LogP contribution is -2.66. The van der Waals surface area contributed by atoms with Crippen LogP contribution in [0.1, 0.15) is 21.5 Å². The minimum absolute atomic E-state index is 0.0232. The van der Waals surface area contributed by atoms with Gasteiger partial charge in [-0.05, 0) is 50.0 Å². The highest BCUT2D eigenvalue weighted by atomic mass is 16.3. The third kappa shape index (κ3) is 2.47. The summed E-state index contributed by atoms with van der Waals surface area (Å²) in [7, 11) is 3.14. The number of nitrogens with two attached hydrogens (primary N) is 1. The third-order valence-corrected chi connectivity index (χ3v) is 6.50. The summed E-state index contributed by atoms with van der Waals surface area (Å²) < 4.78 is 0. The number of amides is 1. The van der Waals surface area contributed by atoms with Gasteiger partial charge in [0.05, 0.1) is 17.0 Å². The monoisotopic (exact) mass is 426 g/mol. The number of fused-ring (bicyclic) bond motifs is 3. The number of aryl methyl sites for hydroxylation is 1. The van der Waals surface area contributed by atoms with Crippen LogP contribution >= 0.6 is 0 Å². The standard InChI is InChI=1S/C22H22N2O7/c1-8-9-5-4-6-12(25)13(9)17(26)14-10(8)7-11-16(24(2)3)18(27)15(21(23)30)20(29)22(11,31)19(14)28/h4-6,11,16,25-27,31H,7H2,1-3H3,(H2,23,30)/t11-,16-,22+/m1/s1. The fourth-order valence-electron chi connectivity index (χ4n) is 5.05. The summed E-state index contributed by atoms with van der Waals surface area (Å²) in [5.74, 6) is -6.23. The van der Waals surface area contributed by atoms with E-state index in [1.807, 2.05) is 0 Å². The third-order valence-electron chi connectivity index (χ3n) is 6.50. The van der Waals surface area contributed by atoms with E-state index in [2.05, 4.69) is 0 Å². The Balaban J connectivity index is 2.09. The summed E-state index contributed by atoms with van der Waals surface area (Å²) in [6, 6.07) is 3.56. The van der Waals surface area contributed by atoms with Crippen LogP contribution < -0.4 is 5.73 Å². The van der Waals surface area contributed by atoms with Crippen molar-refractivity contribution in [2.75, 3.05) is 14.1 Å². The minimum atomic E-state index is -2.72. The van der Waals surface area contributed by atoms with Crippen LogP contribution in [0.2, 0.25) is 0 Å². The van der Waals surface area contributed by atoms with Gasteiger partial charge >= 0.3 is 0 Å². The van der Waals surface area contributed by atoms with Crippen molar-refractivity contribution >= 4 is 28.2 Å². The summed E-state index contributed by atoms with van der Waals surface area (Å²) in [6.07, 6.45) is -0.0484. The maximum atomic E-state index is 13.6. The van der Waals surface area contributed by atoms with Gasteiger partial charge in [-0.15, -0.1) is 0 Å². The summed E-state index contributed by atoms with van der Waals surface area (Å²) in [5.41, 5.74) is 2.41. The quantitative estimate of drug-likeness (QED) is 0.342. The number of rotatable bonds is 2. The molecule has 0 saturated carbocycles. The molecule has 0 saturated heterocycles. The second kappa shape index (κ2) is 6.53. The SMILES string of the molecule is Cc1c2c(c(O)c3c(O)cccc13)C(=O)[C@]1(O)C(=O)C(C(N)=O)=C(O)[C@H](N(C)C)[C@H]1C2. The number of benzene rings is 2. The van der Waals surface area contributed by atoms with E-state index in [1.54, 1.807) is 33.2 Å². The average Bonchev–Trinajstić information content (AvgIpc) is 2.68. The molecule has 4 rings (SSSR count). The summed E-state index contributed by atoms with van der Waals surface area (Å²) in [5, 5.41) is 43.8. The van der Waals surface area contributed by atoms with Gasteiger partial charge in [0.2, 0.25) is 11.6 Å². The number of primary amides is 1. The molecule has 1 amide bonds. The molecule has 0 heterocycles. The zero-order chi connectivity index (χ0) is 23.0. The van der Waals surface area contributed by atoms with Crippen molar-refractivity contribution in [1.82, 2.24) is 4.90 Å². The van der Waals surface area contributed by atoms with E-state index < -0.39 is 52.1 Å². The summed E-state index contributed by atoms with van der Waals surface area (Å²) in [4.78, 5) is 40.1. The van der Waals surface area contributed by atoms with Crippen molar-refractivity contribution in [3.63, 3.8) is 0 Å². The number of likely N-dealkylation sites (N-methyl/N-ethyl adjacent to an activating group) is 1. The molecule has 0 aliphatic heterocycles. The summed E-state index contributed by atoms with van der Waals surface area (Å²) >= 11 is 0. The van der Waals surface area contributed by atoms with E-state index in [1.165, 1.54) is 11.0 Å². The number of hydrogen-bond donors (Lipinski definition) is 5. The van der Waals surface area contributed by atoms with Gasteiger partial charge in [0.15, 0.2) is 5.60 Å². The van der Waals surface area contributed by atoms with Gasteiger partial charge < -0.3 is 26.2 Å². The van der Waals surface area contributed by atoms with Gasteiger partial charge in [-0.1, -0.05) is 12.1 Å². The zero-order valence-electron chi connectivity index (χ0n) is 17.1. The highest BCUT2D eigenvalue weighted by Crippen LogP contribution is 2.50. The molecule has 2 aliphatic carbocycles. The number of phenolic OH excluding ortho intramolecular Hbond substituents is 2. The Hall–Kier alpha value is -3.43. The van der Waals surface area contributed by atoms with Crippen LogP contribution in [0.15, 0.2) is 29.5 Å². The Morgan fingerprint density at radius 2 is 1.81 bits per heavy atom. The van der Waals surface area contributed by atoms with Crippen LogP contribution in [0.3, 0.4) is 0 Å². The molecule has 9 nitrogen and oxygen atoms in total. The highest BCUT2D eigenvalue weighted by Gasteiger charge is 2.63. The second-order valence-electron chi connectivity index (χ2n) is 8.30. The van der Waals surface area contributed by atoms with E-state index in [-0.39, 0.29) is 23.1 Å². The van der Waals surface area contributed by atoms with Gasteiger partial charge in [-0.2, -0.15) is 0 Å². The van der Waals surface area contributed by atoms with E-state index in [0.717, 1.165) is 0 Å². The van der Waals surface area contributed by atoms with Crippen molar-refractivity contribution in [2.24, 2.45) is 11.7 Å². The summed E-state index contributed by atoms with van der Waals surface area (Å²) in [6.45, 7) is 1.71. The van der Waals surface area contributed by atoms with E-state index in [4.69, 9.17) is 5.73 Å². The van der Waals surface area contributed by atoms with E-state index in [0.29, 0.717) is 16.5 Å². The molecular formula is C22H22N2O7. The zero-order valence-corrected chi connectivity index (χ0v) is 17.1. The first-order valence-electron chi connectivity index (χ1n) is 9.61. The number of nitrogens with zero attached hydrogens (tertiary/aromatic N) is 1. The van der Waals surface area contributed by atoms with Gasteiger partial charge in [-0.3, -0.25) is 19.3 Å². The predicted molar refractivity (Wildman–Crippen MR) is 110 cm³/mol. The number of phenols is 2. The fourth-order valence-corrected chi connectivity index (χ4v) is 5.05. The molecule has 0 spiro atoms. The number of carbonyl (C=O) groups is 3. The van der Waals surface area contributed by atoms with E-state index in [9.17, 15) is 34.8 Å². The van der Waals surface area contributed by atoms with Crippen molar-refractivity contribution in [1.29, 1.82) is 0 Å². The number of aromatic hydroxyl groups is 2. The van der Waals surface area contributed by atoms with Crippen LogP contribution in [-0.4, -0.2) is 68.5 Å². The Kier molecular flexibility index (Phi) is 4.39. The maximum Gasteiger partial charge on any atom is 0.255 e. The number of hydrogen-bond acceptors (Lipinski definition) is 8. The first-order chi connectivity index (χ1) is 14.4. The lowest BCUT2D eigenvalue weighted by molar-refractivity contribution is -0.140. The molecule has 2 aromatic rings. The van der Waals surface area contributed by atoms with Crippen LogP contribution in [0.25, 0.3) is 10.8 Å². The maximum absolute atomic E-state index is 13.6. The molecule has 0 fully saturated rings. The average molecular weight is 426 g/mol. The Morgan fingerprint density at radius 3 is 2.39 bits per heavy atom. The molecule has 6 N–H and O–H groups in total. The smallest absolute Gasteiger partial charge is 0.255 e. The lowest BCUT2D eigenvalue weighted by atomic mass is 9.60. The molecule has 31 heavy (non-hydrogen) atoms. The molecule has 2 aliphatic rings. The number of aliphatic hydroxyl groups excluding tert-OH is 1. The van der Waals surface area contributed by atoms with Gasteiger partial charge in [-0.25, -0.2) is 0 Å². The predicted octanol–water partition coefficient (Wildman–Crippen LogP) is 0.456. The minimum Gasteiger partial charge on any atom is -0.510 e. The van der Waals surface area contributed by atoms with Crippen LogP contribution in [0.4, 0.5) is 0 Å². The number of Topliss-reactive ketones (excluding diaryl/α,β-unsaturated/α-hetero) is 2. The van der Waals surface area contributed by atoms with E-state index >= 15 is 0 Å². The number of aliphatic hydroxyl groups is 2. The first kappa shape index (κ1) is 20.8. The van der Waals surface area contributed by atoms with Gasteiger partial charge in [0.25, 0.3) is 5.91 Å². The van der Waals surface area contributed by atoms with Crippen LogP contribution in [0, 0.1) is 12.8 Å². The Labute approximate surface area is 177 Å². The molecule has 0 radical (unpaired) electrons. The number of ketones is 2. The Morgan fingerprint density at radius 1 is 1.16 bits per heavy atom. The van der Waals surface area contributed by atoms with Gasteiger partial charge in [0.1, 0.15) is 22.8 Å². The molecular weight excluding hydrogens is 404 g/mol. The first-order valence-corrected chi connectivity index (χ1v) is 9.61. The largest absolute Gasteiger partial charge is 0.510 e. The number of carbonyl (C=O) groups excluding carboxylic acids is 3. The molecule has 0 unspecified atom stereocenters. The molecule has 9 heteroatoms. The fraction of sp³-hybridized carbons (Fsp3) is 0.318. The lowest BCUT2D eigenvalue weighted by Gasteiger charge is -2.47. The van der Waals surface area contributed by atoms with Crippen molar-refractivity contribution in [2.45, 2.75) is 25.0 Å². The van der Waals surface area contributed by atoms with Crippen molar-refractivity contribution < 1.29 is 34.8 Å². The molecule has 2 aromatic carbocycles. The molecule has 0 bridgehead atoms. The highest BCUT2D eigenvalue weighted by molar-refractivity contribution is 6.33. The normalized spacial score (nSPS) is 25.7. The topological polar surface area (TPSA) is 161 Å². The molecule has 0 aromatic heterocycles. The van der Waals surface area contributed by atoms with Crippen molar-refractivity contribution in [3.8, 4) is 11.5 Å². The van der Waals surface area contributed by atoms with Crippen LogP contribution in [-0.2, 0) is 16.0 Å². The molecule has 3 atom stereocenters. The van der Waals surface area contributed by atoms with Crippen LogP contribution in [0.5, 0.6) is 11.5 Å². The second-order valence-corrected chi connectivity index (χ2v) is 8.30. The molecule has 162 valence electrons. The van der Waals surface area contributed by atoms with Gasteiger partial charge in [0, 0.05) is 5.92 Å². The van der Waals surface area contributed by atoms with Crippen molar-refractivity contribution in [3.05, 3.63) is 46.2 Å². The Bertz CT molecular complexity index is 1230.